The first-order valence-corrected chi connectivity index (χ1v) is 9.80. The largest absolute Gasteiger partial charge is 0.360 e. The van der Waals surface area contributed by atoms with Gasteiger partial charge >= 0.3 is 0 Å². The highest BCUT2D eigenvalue weighted by atomic mass is 32.2. The van der Waals surface area contributed by atoms with Crippen LogP contribution in [0.15, 0.2) is 21.9 Å². The van der Waals surface area contributed by atoms with Crippen LogP contribution in [0.4, 0.5) is 5.13 Å². The zero-order chi connectivity index (χ0) is 15.8. The van der Waals surface area contributed by atoms with E-state index in [1.807, 2.05) is 13.0 Å². The van der Waals surface area contributed by atoms with Crippen molar-refractivity contribution in [1.82, 2.24) is 15.5 Å². The van der Waals surface area contributed by atoms with Crippen molar-refractivity contribution in [1.29, 1.82) is 0 Å². The summed E-state index contributed by atoms with van der Waals surface area (Å²) < 4.78 is 0.819. The van der Waals surface area contributed by atoms with Gasteiger partial charge in [-0.25, -0.2) is 0 Å². The monoisotopic (exact) mass is 356 g/mol. The number of aromatic nitrogens is 2. The molecule has 0 saturated carbocycles. The normalized spacial score (nSPS) is 12.1. The number of thioether (sulfide) groups is 1. The van der Waals surface area contributed by atoms with Gasteiger partial charge in [-0.2, -0.15) is 0 Å². The fourth-order valence-electron chi connectivity index (χ4n) is 1.67. The Bertz CT molecular complexity index is 570. The molecule has 1 amide bonds. The Balaban J connectivity index is 1.72. The van der Waals surface area contributed by atoms with Gasteiger partial charge in [-0.3, -0.25) is 4.79 Å². The molecule has 0 saturated heterocycles. The van der Waals surface area contributed by atoms with Crippen LogP contribution in [0.25, 0.3) is 0 Å². The molecule has 1 unspecified atom stereocenters. The molecular weight excluding hydrogens is 336 g/mol. The second kappa shape index (κ2) is 9.12. The van der Waals surface area contributed by atoms with Crippen molar-refractivity contribution in [3.8, 4) is 0 Å². The smallest absolute Gasteiger partial charge is 0.233 e. The zero-order valence-electron chi connectivity index (χ0n) is 12.7. The van der Waals surface area contributed by atoms with Gasteiger partial charge in [-0.1, -0.05) is 36.1 Å². The molecule has 0 spiro atoms. The van der Waals surface area contributed by atoms with E-state index < -0.39 is 0 Å². The zero-order valence-corrected chi connectivity index (χ0v) is 15.1. The third kappa shape index (κ3) is 5.58. The van der Waals surface area contributed by atoms with Crippen molar-refractivity contribution in [2.24, 2.45) is 0 Å². The fraction of sp³-hybridized carbons (Fsp3) is 0.500. The van der Waals surface area contributed by atoms with Gasteiger partial charge in [0.2, 0.25) is 11.0 Å². The molecule has 1 atom stereocenters. The standard InChI is InChI=1S/C14H20N4OS3/c1-3-7-16-13-17-18-14(22-13)21-10(2)12(19)15-8-6-11-5-4-9-20-11/h4-5,9-10H,3,6-8H2,1-2H3,(H,15,19)(H,16,17). The van der Waals surface area contributed by atoms with Crippen molar-refractivity contribution in [3.05, 3.63) is 22.4 Å². The van der Waals surface area contributed by atoms with Crippen molar-refractivity contribution in [2.75, 3.05) is 18.4 Å². The minimum atomic E-state index is -0.171. The summed E-state index contributed by atoms with van der Waals surface area (Å²) in [5, 5.41) is 17.0. The van der Waals surface area contributed by atoms with Crippen molar-refractivity contribution in [3.63, 3.8) is 0 Å². The quantitative estimate of drug-likeness (QED) is 0.675. The second-order valence-electron chi connectivity index (χ2n) is 4.68. The summed E-state index contributed by atoms with van der Waals surface area (Å²) in [7, 11) is 0. The van der Waals surface area contributed by atoms with Crippen molar-refractivity contribution < 1.29 is 4.79 Å². The van der Waals surface area contributed by atoms with Crippen molar-refractivity contribution in [2.45, 2.75) is 36.3 Å². The number of anilines is 1. The highest BCUT2D eigenvalue weighted by molar-refractivity contribution is 8.02. The van der Waals surface area contributed by atoms with Crippen LogP contribution < -0.4 is 10.6 Å². The Kier molecular flexibility index (Phi) is 7.14. The number of nitrogens with one attached hydrogen (secondary N) is 2. The molecule has 5 nitrogen and oxygen atoms in total. The summed E-state index contributed by atoms with van der Waals surface area (Å²) in [5.41, 5.74) is 0. The molecule has 0 bridgehead atoms. The summed E-state index contributed by atoms with van der Waals surface area (Å²) in [6.45, 7) is 5.56. The molecule has 0 aliphatic heterocycles. The van der Waals surface area contributed by atoms with Gasteiger partial charge in [-0.05, 0) is 31.2 Å². The van der Waals surface area contributed by atoms with Gasteiger partial charge in [0.05, 0.1) is 5.25 Å². The van der Waals surface area contributed by atoms with E-state index in [2.05, 4.69) is 39.2 Å². The van der Waals surface area contributed by atoms with Crippen LogP contribution in [0.3, 0.4) is 0 Å². The lowest BCUT2D eigenvalue weighted by atomic mass is 10.3. The maximum Gasteiger partial charge on any atom is 0.233 e. The lowest BCUT2D eigenvalue weighted by molar-refractivity contribution is -0.120. The average Bonchev–Trinajstić information content (AvgIpc) is 3.16. The van der Waals surface area contributed by atoms with E-state index in [-0.39, 0.29) is 11.2 Å². The minimum Gasteiger partial charge on any atom is -0.360 e. The predicted octanol–water partition coefficient (Wildman–Crippen LogP) is 3.26. The fourth-order valence-corrected chi connectivity index (χ4v) is 4.33. The summed E-state index contributed by atoms with van der Waals surface area (Å²) in [6.07, 6.45) is 1.93. The molecule has 2 aromatic heterocycles. The van der Waals surface area contributed by atoms with Crippen LogP contribution in [0, 0.1) is 0 Å². The van der Waals surface area contributed by atoms with E-state index in [1.165, 1.54) is 28.0 Å². The molecule has 2 aromatic rings. The van der Waals surface area contributed by atoms with Crippen LogP contribution in [-0.2, 0) is 11.2 Å². The van der Waals surface area contributed by atoms with Crippen LogP contribution >= 0.6 is 34.4 Å². The highest BCUT2D eigenvalue weighted by Crippen LogP contribution is 2.28. The Hall–Kier alpha value is -1.12. The molecule has 0 fully saturated rings. The first-order chi connectivity index (χ1) is 10.7. The number of amides is 1. The van der Waals surface area contributed by atoms with E-state index in [0.717, 1.165) is 28.9 Å². The predicted molar refractivity (Wildman–Crippen MR) is 95.0 cm³/mol. The number of carbonyl (C=O) groups excluding carboxylic acids is 1. The SMILES string of the molecule is CCCNc1nnc(SC(C)C(=O)NCCc2cccs2)s1. The van der Waals surface area contributed by atoms with Gasteiger partial charge in [0.15, 0.2) is 4.34 Å². The number of thiophene rings is 1. The molecule has 0 radical (unpaired) electrons. The number of nitrogens with zero attached hydrogens (tertiary/aromatic N) is 2. The maximum atomic E-state index is 12.1. The van der Waals surface area contributed by atoms with Crippen LogP contribution in [0.5, 0.6) is 0 Å². The molecular formula is C14H20N4OS3. The Labute approximate surface area is 142 Å². The number of rotatable bonds is 9. The Morgan fingerprint density at radius 2 is 2.27 bits per heavy atom. The number of hydrogen-bond donors (Lipinski definition) is 2. The average molecular weight is 357 g/mol. The highest BCUT2D eigenvalue weighted by Gasteiger charge is 2.16. The van der Waals surface area contributed by atoms with E-state index in [9.17, 15) is 4.79 Å². The molecule has 0 aliphatic rings. The third-order valence-corrected chi connectivity index (χ3v) is 5.83. The molecule has 2 heterocycles. The van der Waals surface area contributed by atoms with E-state index in [0.29, 0.717) is 6.54 Å². The van der Waals surface area contributed by atoms with Crippen LogP contribution in [0.1, 0.15) is 25.1 Å². The van der Waals surface area contributed by atoms with Crippen molar-refractivity contribution >= 4 is 45.5 Å². The Morgan fingerprint density at radius 1 is 1.41 bits per heavy atom. The Morgan fingerprint density at radius 3 is 3.00 bits per heavy atom. The second-order valence-corrected chi connectivity index (χ2v) is 8.28. The van der Waals surface area contributed by atoms with Gasteiger partial charge in [-0.15, -0.1) is 21.5 Å². The lowest BCUT2D eigenvalue weighted by Crippen LogP contribution is -2.32. The lowest BCUT2D eigenvalue weighted by Gasteiger charge is -2.09. The van der Waals surface area contributed by atoms with Gasteiger partial charge in [0, 0.05) is 18.0 Å². The maximum absolute atomic E-state index is 12.1. The first-order valence-electron chi connectivity index (χ1n) is 7.23. The molecule has 0 aliphatic carbocycles. The number of hydrogen-bond acceptors (Lipinski definition) is 7. The summed E-state index contributed by atoms with van der Waals surface area (Å²) >= 11 is 4.66. The summed E-state index contributed by atoms with van der Waals surface area (Å²) in [5.74, 6) is 0.0415. The molecule has 22 heavy (non-hydrogen) atoms. The van der Waals surface area contributed by atoms with Gasteiger partial charge in [0.25, 0.3) is 0 Å². The minimum absolute atomic E-state index is 0.0415. The van der Waals surface area contributed by atoms with Gasteiger partial charge < -0.3 is 10.6 Å². The molecule has 2 N–H and O–H groups in total. The third-order valence-electron chi connectivity index (χ3n) is 2.83. The topological polar surface area (TPSA) is 66.9 Å². The molecule has 120 valence electrons. The van der Waals surface area contributed by atoms with Gasteiger partial charge in [0.1, 0.15) is 0 Å². The summed E-state index contributed by atoms with van der Waals surface area (Å²) in [6, 6.07) is 4.11. The van der Waals surface area contributed by atoms with Crippen LogP contribution in [-0.4, -0.2) is 34.4 Å². The molecule has 0 aromatic carbocycles. The molecule has 2 rings (SSSR count). The number of carbonyl (C=O) groups is 1. The van der Waals surface area contributed by atoms with E-state index in [4.69, 9.17) is 0 Å². The first kappa shape index (κ1) is 17.2. The van der Waals surface area contributed by atoms with E-state index in [1.54, 1.807) is 11.3 Å². The molecule has 8 heteroatoms. The summed E-state index contributed by atoms with van der Waals surface area (Å²) in [4.78, 5) is 13.4. The van der Waals surface area contributed by atoms with E-state index >= 15 is 0 Å². The van der Waals surface area contributed by atoms with Crippen LogP contribution in [0.2, 0.25) is 0 Å².